The molecule has 0 aliphatic heterocycles. The van der Waals surface area contributed by atoms with Gasteiger partial charge in [0, 0.05) is 12.8 Å². The molecule has 1 aromatic rings. The van der Waals surface area contributed by atoms with Gasteiger partial charge in [0.2, 0.25) is 5.91 Å². The van der Waals surface area contributed by atoms with E-state index in [1.807, 2.05) is 19.9 Å². The number of aliphatic carboxylic acids is 1. The molecule has 0 radical (unpaired) electrons. The number of nitrogens with one attached hydrogen (secondary N) is 1. The summed E-state index contributed by atoms with van der Waals surface area (Å²) in [5.41, 5.74) is 1.28. The fraction of sp³-hybridized carbons (Fsp3) is 0.400. The number of amides is 1. The molecule has 0 heterocycles. The van der Waals surface area contributed by atoms with Crippen molar-refractivity contribution in [3.05, 3.63) is 35.4 Å². The molecule has 0 aliphatic carbocycles. The Balaban J connectivity index is 2.69. The molecule has 0 spiro atoms. The van der Waals surface area contributed by atoms with Crippen molar-refractivity contribution in [3.63, 3.8) is 0 Å². The Labute approximate surface area is 118 Å². The van der Waals surface area contributed by atoms with Crippen LogP contribution in [0.3, 0.4) is 0 Å². The Hall–Kier alpha value is -2.35. The van der Waals surface area contributed by atoms with E-state index in [9.17, 15) is 9.59 Å². The van der Waals surface area contributed by atoms with E-state index in [2.05, 4.69) is 5.32 Å². The van der Waals surface area contributed by atoms with Crippen molar-refractivity contribution < 1.29 is 14.7 Å². The lowest BCUT2D eigenvalue weighted by Gasteiger charge is -2.15. The number of hydrogen-bond donors (Lipinski definition) is 2. The lowest BCUT2D eigenvalue weighted by atomic mass is 10.0. The molecule has 1 amide bonds. The highest BCUT2D eigenvalue weighted by Crippen LogP contribution is 2.07. The lowest BCUT2D eigenvalue weighted by Crippen LogP contribution is -2.42. The number of nitrogens with zero attached hydrogens (tertiary/aromatic N) is 1. The van der Waals surface area contributed by atoms with Crippen LogP contribution in [0.1, 0.15) is 31.4 Å². The van der Waals surface area contributed by atoms with Gasteiger partial charge in [-0.1, -0.05) is 26.0 Å². The number of carboxylic acid groups (broad SMARTS) is 1. The molecule has 1 rings (SSSR count). The second kappa shape index (κ2) is 7.29. The maximum absolute atomic E-state index is 11.6. The van der Waals surface area contributed by atoms with Crippen LogP contribution in [-0.4, -0.2) is 23.0 Å². The number of carbonyl (C=O) groups is 2. The van der Waals surface area contributed by atoms with Crippen LogP contribution < -0.4 is 5.32 Å². The monoisotopic (exact) mass is 274 g/mol. The van der Waals surface area contributed by atoms with Gasteiger partial charge in [-0.15, -0.1) is 0 Å². The molecule has 5 nitrogen and oxygen atoms in total. The highest BCUT2D eigenvalue weighted by Gasteiger charge is 2.20. The molecule has 1 aromatic carbocycles. The van der Waals surface area contributed by atoms with Crippen molar-refractivity contribution >= 4 is 11.9 Å². The van der Waals surface area contributed by atoms with Crippen molar-refractivity contribution in [1.82, 2.24) is 5.32 Å². The summed E-state index contributed by atoms with van der Waals surface area (Å²) < 4.78 is 0. The third-order valence-electron chi connectivity index (χ3n) is 2.75. The fourth-order valence-electron chi connectivity index (χ4n) is 1.78. The number of rotatable bonds is 6. The highest BCUT2D eigenvalue weighted by atomic mass is 16.4. The SMILES string of the molecule is CC(C)CC(=O)N[C@@H](Cc1ccc(C#N)cc1)C(=O)O. The minimum Gasteiger partial charge on any atom is -0.480 e. The van der Waals surface area contributed by atoms with Crippen LogP contribution in [0.15, 0.2) is 24.3 Å². The quantitative estimate of drug-likeness (QED) is 0.826. The third kappa shape index (κ3) is 5.11. The summed E-state index contributed by atoms with van der Waals surface area (Å²) in [4.78, 5) is 22.8. The summed E-state index contributed by atoms with van der Waals surface area (Å²) >= 11 is 0. The molecule has 0 aliphatic rings. The summed E-state index contributed by atoms with van der Waals surface area (Å²) in [6.45, 7) is 3.80. The molecule has 0 saturated carbocycles. The first-order chi connectivity index (χ1) is 9.42. The molecule has 0 aromatic heterocycles. The number of benzene rings is 1. The third-order valence-corrected chi connectivity index (χ3v) is 2.75. The standard InChI is InChI=1S/C15H18N2O3/c1-10(2)7-14(18)17-13(15(19)20)8-11-3-5-12(9-16)6-4-11/h3-6,10,13H,7-8H2,1-2H3,(H,17,18)(H,19,20)/t13-/m0/s1. The van der Waals surface area contributed by atoms with E-state index >= 15 is 0 Å². The lowest BCUT2D eigenvalue weighted by molar-refractivity contribution is -0.141. The molecule has 0 unspecified atom stereocenters. The molecule has 1 atom stereocenters. The van der Waals surface area contributed by atoms with E-state index in [1.165, 1.54) is 0 Å². The minimum absolute atomic E-state index is 0.180. The topological polar surface area (TPSA) is 90.2 Å². The predicted molar refractivity (Wildman–Crippen MR) is 73.9 cm³/mol. The number of carboxylic acids is 1. The van der Waals surface area contributed by atoms with Gasteiger partial charge >= 0.3 is 5.97 Å². The second-order valence-corrected chi connectivity index (χ2v) is 5.07. The van der Waals surface area contributed by atoms with Gasteiger partial charge in [-0.05, 0) is 23.6 Å². The first-order valence-corrected chi connectivity index (χ1v) is 6.43. The highest BCUT2D eigenvalue weighted by molar-refractivity contribution is 5.83. The summed E-state index contributed by atoms with van der Waals surface area (Å²) in [6, 6.07) is 7.70. The van der Waals surface area contributed by atoms with E-state index in [4.69, 9.17) is 10.4 Å². The Morgan fingerprint density at radius 1 is 1.30 bits per heavy atom. The minimum atomic E-state index is -1.06. The number of nitriles is 1. The van der Waals surface area contributed by atoms with Gasteiger partial charge < -0.3 is 10.4 Å². The number of carbonyl (C=O) groups excluding carboxylic acids is 1. The van der Waals surface area contributed by atoms with E-state index in [-0.39, 0.29) is 18.2 Å². The van der Waals surface area contributed by atoms with Crippen molar-refractivity contribution in [2.24, 2.45) is 5.92 Å². The summed E-state index contributed by atoms with van der Waals surface area (Å²) in [6.07, 6.45) is 0.502. The Bertz CT molecular complexity index is 515. The van der Waals surface area contributed by atoms with E-state index in [0.717, 1.165) is 5.56 Å². The Kier molecular flexibility index (Phi) is 5.73. The largest absolute Gasteiger partial charge is 0.480 e. The Morgan fingerprint density at radius 2 is 1.90 bits per heavy atom. The van der Waals surface area contributed by atoms with Gasteiger partial charge in [0.1, 0.15) is 6.04 Å². The maximum atomic E-state index is 11.6. The van der Waals surface area contributed by atoms with Crippen molar-refractivity contribution in [2.75, 3.05) is 0 Å². The zero-order valence-electron chi connectivity index (χ0n) is 11.6. The van der Waals surface area contributed by atoms with Crippen LogP contribution in [0, 0.1) is 17.2 Å². The fourth-order valence-corrected chi connectivity index (χ4v) is 1.78. The molecular weight excluding hydrogens is 256 g/mol. The summed E-state index contributed by atoms with van der Waals surface area (Å²) in [5.74, 6) is -1.15. The first-order valence-electron chi connectivity index (χ1n) is 6.43. The van der Waals surface area contributed by atoms with Crippen LogP contribution in [-0.2, 0) is 16.0 Å². The van der Waals surface area contributed by atoms with Gasteiger partial charge in [-0.25, -0.2) is 4.79 Å². The molecule has 0 bridgehead atoms. The average Bonchev–Trinajstić information content (AvgIpc) is 2.37. The van der Waals surface area contributed by atoms with Gasteiger partial charge in [0.15, 0.2) is 0 Å². The molecular formula is C15H18N2O3. The Morgan fingerprint density at radius 3 is 2.35 bits per heavy atom. The molecule has 106 valence electrons. The molecule has 2 N–H and O–H groups in total. The van der Waals surface area contributed by atoms with Crippen LogP contribution in [0.5, 0.6) is 0 Å². The van der Waals surface area contributed by atoms with Gasteiger partial charge in [0.25, 0.3) is 0 Å². The zero-order valence-corrected chi connectivity index (χ0v) is 11.6. The van der Waals surface area contributed by atoms with Crippen LogP contribution >= 0.6 is 0 Å². The van der Waals surface area contributed by atoms with E-state index in [0.29, 0.717) is 12.0 Å². The predicted octanol–water partition coefficient (Wildman–Crippen LogP) is 1.72. The van der Waals surface area contributed by atoms with Crippen LogP contribution in [0.4, 0.5) is 0 Å². The molecule has 20 heavy (non-hydrogen) atoms. The van der Waals surface area contributed by atoms with Crippen LogP contribution in [0.25, 0.3) is 0 Å². The van der Waals surface area contributed by atoms with E-state index < -0.39 is 12.0 Å². The van der Waals surface area contributed by atoms with Crippen molar-refractivity contribution in [2.45, 2.75) is 32.7 Å². The second-order valence-electron chi connectivity index (χ2n) is 5.07. The molecule has 0 fully saturated rings. The normalized spacial score (nSPS) is 11.7. The van der Waals surface area contributed by atoms with Gasteiger partial charge in [-0.3, -0.25) is 4.79 Å². The zero-order chi connectivity index (χ0) is 15.1. The van der Waals surface area contributed by atoms with Gasteiger partial charge in [-0.2, -0.15) is 5.26 Å². The van der Waals surface area contributed by atoms with Crippen LogP contribution in [0.2, 0.25) is 0 Å². The first kappa shape index (κ1) is 15.7. The summed E-state index contributed by atoms with van der Waals surface area (Å²) in [5, 5.41) is 20.4. The maximum Gasteiger partial charge on any atom is 0.326 e. The van der Waals surface area contributed by atoms with Crippen molar-refractivity contribution in [3.8, 4) is 6.07 Å². The molecule has 5 heteroatoms. The molecule has 0 saturated heterocycles. The smallest absolute Gasteiger partial charge is 0.326 e. The number of hydrogen-bond acceptors (Lipinski definition) is 3. The van der Waals surface area contributed by atoms with Gasteiger partial charge in [0.05, 0.1) is 11.6 Å². The summed E-state index contributed by atoms with van der Waals surface area (Å²) in [7, 11) is 0. The van der Waals surface area contributed by atoms with E-state index in [1.54, 1.807) is 24.3 Å². The average molecular weight is 274 g/mol. The van der Waals surface area contributed by atoms with Crippen molar-refractivity contribution in [1.29, 1.82) is 5.26 Å².